The van der Waals surface area contributed by atoms with E-state index in [9.17, 15) is 0 Å². The molecule has 372 valence electrons. The molecule has 2 aliphatic heterocycles. The highest BCUT2D eigenvalue weighted by atomic mass is 32.1. The molecule has 3 heterocycles. The van der Waals surface area contributed by atoms with Crippen LogP contribution < -0.4 is 25.5 Å². The quantitative estimate of drug-likeness (QED) is 0.153. The van der Waals surface area contributed by atoms with E-state index < -0.39 is 5.41 Å². The first-order chi connectivity index (χ1) is 36.6. The van der Waals surface area contributed by atoms with Crippen LogP contribution in [0.3, 0.4) is 0 Å². The van der Waals surface area contributed by atoms with Gasteiger partial charge >= 0.3 is 0 Å². The second kappa shape index (κ2) is 16.8. The van der Waals surface area contributed by atoms with Gasteiger partial charge in [0, 0.05) is 43.3 Å². The molecule has 4 aliphatic rings. The molecule has 4 heteroatoms. The SMILES string of the molecule is Cc1cc2c3c(c1)N(c1ccc(C(C)(C)C)cc1)c1c(sc4cc5c(cc14)-c1ccc(C)cc1C51c4ccccc4-c4ccccc41)B3c1ccc(-c3c(C(C)C)cccc3C(C)C)cc1N2c1ccc(C(C)C)cc1. The number of hydrogen-bond donors (Lipinski definition) is 0. The van der Waals surface area contributed by atoms with Gasteiger partial charge in [-0.15, -0.1) is 11.3 Å². The van der Waals surface area contributed by atoms with E-state index in [-0.39, 0.29) is 12.1 Å². The van der Waals surface area contributed by atoms with Crippen LogP contribution in [0.5, 0.6) is 0 Å². The summed E-state index contributed by atoms with van der Waals surface area (Å²) in [5.74, 6) is 1.19. The van der Waals surface area contributed by atoms with Crippen molar-refractivity contribution in [2.45, 2.75) is 105 Å². The summed E-state index contributed by atoms with van der Waals surface area (Å²) >= 11 is 2.02. The zero-order chi connectivity index (χ0) is 52.3. The smallest absolute Gasteiger partial charge is 0.264 e. The Morgan fingerprint density at radius 3 is 1.71 bits per heavy atom. The fourth-order valence-corrected chi connectivity index (χ4v) is 15.4. The fourth-order valence-electron chi connectivity index (χ4n) is 14.1. The molecule has 9 aromatic carbocycles. The van der Waals surface area contributed by atoms with Gasteiger partial charge in [0.05, 0.1) is 11.1 Å². The first kappa shape index (κ1) is 47.1. The number of nitrogens with zero attached hydrogens (tertiary/aromatic N) is 2. The second-order valence-electron chi connectivity index (χ2n) is 24.4. The summed E-state index contributed by atoms with van der Waals surface area (Å²) < 4.78 is 2.73. The monoisotopic (exact) mass is 1000 g/mol. The van der Waals surface area contributed by atoms with Gasteiger partial charge in [-0.25, -0.2) is 0 Å². The Kier molecular flexibility index (Phi) is 10.4. The minimum absolute atomic E-state index is 0.00471. The number of benzene rings is 9. The van der Waals surface area contributed by atoms with Gasteiger partial charge in [0.25, 0.3) is 6.71 Å². The van der Waals surface area contributed by atoms with E-state index in [0.717, 1.165) is 0 Å². The zero-order valence-electron chi connectivity index (χ0n) is 45.9. The Labute approximate surface area is 454 Å². The predicted molar refractivity (Wildman–Crippen MR) is 328 cm³/mol. The summed E-state index contributed by atoms with van der Waals surface area (Å²) in [6, 6.07) is 69.3. The molecule has 1 spiro atoms. The van der Waals surface area contributed by atoms with Crippen molar-refractivity contribution in [1.29, 1.82) is 0 Å². The Bertz CT molecular complexity index is 3980. The van der Waals surface area contributed by atoms with E-state index in [0.29, 0.717) is 17.8 Å². The molecule has 0 atom stereocenters. The lowest BCUT2D eigenvalue weighted by Crippen LogP contribution is -2.60. The third kappa shape index (κ3) is 6.59. The number of thiophene rings is 1. The molecule has 0 N–H and O–H groups in total. The predicted octanol–water partition coefficient (Wildman–Crippen LogP) is 18.3. The number of anilines is 6. The summed E-state index contributed by atoms with van der Waals surface area (Å²) in [5.41, 5.74) is 31.3. The minimum atomic E-state index is -0.432. The normalized spacial score (nSPS) is 14.4. The van der Waals surface area contributed by atoms with Crippen LogP contribution in [-0.2, 0) is 10.8 Å². The van der Waals surface area contributed by atoms with Gasteiger partial charge in [-0.3, -0.25) is 0 Å². The van der Waals surface area contributed by atoms with E-state index in [1.165, 1.54) is 149 Å². The zero-order valence-corrected chi connectivity index (χ0v) is 46.7. The van der Waals surface area contributed by atoms with Crippen molar-refractivity contribution < 1.29 is 0 Å². The van der Waals surface area contributed by atoms with E-state index >= 15 is 0 Å². The molecule has 0 unspecified atom stereocenters. The van der Waals surface area contributed by atoms with Crippen molar-refractivity contribution >= 4 is 78.0 Å². The standard InChI is InChI=1S/C72H65BN2S/c1-41(2)46-24-29-49(30-25-46)74-63-38-47(67-51(42(3)4)19-16-20-52(67)43(5)6)26-34-62(63)73-68-64(74)36-45(8)37-65(68)75(50-31-27-48(28-32-50)71(9,10)11)69-57-39-56-55-33-23-44(7)35-60(55)72(61(56)40-66(57)76-70(69)73)58-21-14-12-17-53(58)54-18-13-15-22-59(54)72/h12-43H,1-11H3. The van der Waals surface area contributed by atoms with Crippen LogP contribution in [0.2, 0.25) is 0 Å². The van der Waals surface area contributed by atoms with Crippen LogP contribution in [0.4, 0.5) is 34.1 Å². The lowest BCUT2D eigenvalue weighted by molar-refractivity contribution is 0.590. The van der Waals surface area contributed by atoms with Gasteiger partial charge in [-0.05, 0) is 186 Å². The van der Waals surface area contributed by atoms with Crippen LogP contribution in [0.25, 0.3) is 43.5 Å². The van der Waals surface area contributed by atoms with Crippen LogP contribution in [0.15, 0.2) is 176 Å². The van der Waals surface area contributed by atoms with E-state index in [1.54, 1.807) is 0 Å². The van der Waals surface area contributed by atoms with E-state index in [2.05, 4.69) is 262 Å². The van der Waals surface area contributed by atoms with Gasteiger partial charge in [0.15, 0.2) is 0 Å². The summed E-state index contributed by atoms with van der Waals surface area (Å²) in [6.07, 6.45) is 0. The number of rotatable bonds is 6. The third-order valence-corrected chi connectivity index (χ3v) is 18.9. The summed E-state index contributed by atoms with van der Waals surface area (Å²) in [5, 5.41) is 1.31. The summed E-state index contributed by atoms with van der Waals surface area (Å²) in [4.78, 5) is 5.27. The molecule has 2 aliphatic carbocycles. The second-order valence-corrected chi connectivity index (χ2v) is 25.4. The molecule has 2 nitrogen and oxygen atoms in total. The molecule has 0 radical (unpaired) electrons. The number of hydrogen-bond acceptors (Lipinski definition) is 3. The van der Waals surface area contributed by atoms with Crippen molar-refractivity contribution in [2.24, 2.45) is 0 Å². The van der Waals surface area contributed by atoms with Crippen molar-refractivity contribution in [2.75, 3.05) is 9.80 Å². The molecule has 10 aromatic rings. The highest BCUT2D eigenvalue weighted by Crippen LogP contribution is 2.64. The highest BCUT2D eigenvalue weighted by molar-refractivity contribution is 7.33. The first-order valence-corrected chi connectivity index (χ1v) is 28.6. The average Bonchev–Trinajstić information content (AvgIpc) is 3.91. The molecule has 0 bridgehead atoms. The Hall–Kier alpha value is -7.40. The topological polar surface area (TPSA) is 6.48 Å². The molecule has 0 saturated carbocycles. The van der Waals surface area contributed by atoms with Gasteiger partial charge in [-0.2, -0.15) is 0 Å². The van der Waals surface area contributed by atoms with Gasteiger partial charge in [0.1, 0.15) is 0 Å². The van der Waals surface area contributed by atoms with Crippen molar-refractivity contribution in [3.05, 3.63) is 232 Å². The molecular formula is C72H65BN2S. The van der Waals surface area contributed by atoms with Crippen molar-refractivity contribution in [1.82, 2.24) is 0 Å². The first-order valence-electron chi connectivity index (χ1n) is 27.8. The molecule has 0 fully saturated rings. The van der Waals surface area contributed by atoms with Gasteiger partial charge in [0.2, 0.25) is 0 Å². The Morgan fingerprint density at radius 2 is 1.08 bits per heavy atom. The fraction of sp³-hybridized carbons (Fsp3) is 0.222. The maximum atomic E-state index is 2.66. The molecule has 1 aromatic heterocycles. The summed E-state index contributed by atoms with van der Waals surface area (Å²) in [7, 11) is 0. The number of fused-ring (bicyclic) bond motifs is 16. The summed E-state index contributed by atoms with van der Waals surface area (Å²) in [6.45, 7) is 25.5. The maximum Gasteiger partial charge on any atom is 0.264 e. The molecular weight excluding hydrogens is 936 g/mol. The lowest BCUT2D eigenvalue weighted by Gasteiger charge is -2.43. The molecule has 0 saturated heterocycles. The van der Waals surface area contributed by atoms with Gasteiger partial charge < -0.3 is 9.80 Å². The largest absolute Gasteiger partial charge is 0.311 e. The van der Waals surface area contributed by atoms with Crippen LogP contribution in [-0.4, -0.2) is 6.71 Å². The van der Waals surface area contributed by atoms with E-state index in [1.807, 2.05) is 11.3 Å². The Balaban J connectivity index is 1.09. The number of aryl methyl sites for hydroxylation is 2. The minimum Gasteiger partial charge on any atom is -0.311 e. The van der Waals surface area contributed by atoms with Crippen LogP contribution >= 0.6 is 11.3 Å². The lowest BCUT2D eigenvalue weighted by atomic mass is 9.36. The van der Waals surface area contributed by atoms with Crippen molar-refractivity contribution in [3.63, 3.8) is 0 Å². The maximum absolute atomic E-state index is 2.66. The van der Waals surface area contributed by atoms with Crippen molar-refractivity contribution in [3.8, 4) is 33.4 Å². The molecule has 0 amide bonds. The third-order valence-electron chi connectivity index (χ3n) is 17.6. The Morgan fingerprint density at radius 1 is 0.487 bits per heavy atom. The van der Waals surface area contributed by atoms with Crippen LogP contribution in [0, 0.1) is 13.8 Å². The molecule has 76 heavy (non-hydrogen) atoms. The molecule has 14 rings (SSSR count). The van der Waals surface area contributed by atoms with Crippen LogP contribution in [0.1, 0.15) is 136 Å². The van der Waals surface area contributed by atoms with Gasteiger partial charge in [-0.1, -0.05) is 189 Å². The highest BCUT2D eigenvalue weighted by Gasteiger charge is 2.53. The average molecular weight is 1000 g/mol. The van der Waals surface area contributed by atoms with E-state index in [4.69, 9.17) is 0 Å².